The minimum absolute atomic E-state index is 0.0872. The van der Waals surface area contributed by atoms with Crippen LogP contribution in [0.25, 0.3) is 0 Å². The maximum atomic E-state index is 12.4. The number of carbonyl (C=O) groups is 1. The molecule has 0 aromatic carbocycles. The molecule has 1 saturated heterocycles. The van der Waals surface area contributed by atoms with Crippen molar-refractivity contribution in [2.75, 3.05) is 24.2 Å². The Morgan fingerprint density at radius 3 is 2.42 bits per heavy atom. The molecule has 1 fully saturated rings. The summed E-state index contributed by atoms with van der Waals surface area (Å²) in [5.41, 5.74) is 0. The van der Waals surface area contributed by atoms with Gasteiger partial charge in [0.1, 0.15) is 5.01 Å². The SMILES string of the molecule is CCC(CC)c1nnc(NC(=O)C2CCN(S(=O)(=O)CC)CC2)s1. The van der Waals surface area contributed by atoms with E-state index in [1.54, 1.807) is 6.92 Å². The molecule has 1 amide bonds. The Bertz CT molecular complexity index is 647. The van der Waals surface area contributed by atoms with E-state index in [2.05, 4.69) is 29.4 Å². The van der Waals surface area contributed by atoms with Crippen LogP contribution in [0, 0.1) is 5.92 Å². The lowest BCUT2D eigenvalue weighted by Gasteiger charge is -2.29. The van der Waals surface area contributed by atoms with Crippen LogP contribution in [0.1, 0.15) is 57.4 Å². The molecule has 0 spiro atoms. The quantitative estimate of drug-likeness (QED) is 0.791. The Morgan fingerprint density at radius 2 is 1.88 bits per heavy atom. The van der Waals surface area contributed by atoms with Crippen molar-refractivity contribution in [3.8, 4) is 0 Å². The molecule has 2 rings (SSSR count). The summed E-state index contributed by atoms with van der Waals surface area (Å²) in [5, 5.41) is 12.6. The third kappa shape index (κ3) is 4.52. The summed E-state index contributed by atoms with van der Waals surface area (Å²) in [6.07, 6.45) is 3.10. The van der Waals surface area contributed by atoms with Crippen LogP contribution in [0.15, 0.2) is 0 Å². The number of hydrogen-bond acceptors (Lipinski definition) is 6. The van der Waals surface area contributed by atoms with Gasteiger partial charge >= 0.3 is 0 Å². The van der Waals surface area contributed by atoms with Gasteiger partial charge in [0.25, 0.3) is 0 Å². The molecule has 9 heteroatoms. The third-order valence-corrected chi connectivity index (χ3v) is 7.47. The van der Waals surface area contributed by atoms with E-state index < -0.39 is 10.0 Å². The Labute approximate surface area is 147 Å². The summed E-state index contributed by atoms with van der Waals surface area (Å²) in [5.74, 6) is 0.230. The summed E-state index contributed by atoms with van der Waals surface area (Å²) < 4.78 is 25.2. The predicted octanol–water partition coefficient (Wildman–Crippen LogP) is 2.44. The van der Waals surface area contributed by atoms with Gasteiger partial charge in [0, 0.05) is 24.9 Å². The topological polar surface area (TPSA) is 92.3 Å². The van der Waals surface area contributed by atoms with Gasteiger partial charge in [0.05, 0.1) is 5.75 Å². The summed E-state index contributed by atoms with van der Waals surface area (Å²) in [4.78, 5) is 12.4. The third-order valence-electron chi connectivity index (χ3n) is 4.59. The summed E-state index contributed by atoms with van der Waals surface area (Å²) >= 11 is 1.43. The van der Waals surface area contributed by atoms with Gasteiger partial charge in [-0.15, -0.1) is 10.2 Å². The summed E-state index contributed by atoms with van der Waals surface area (Å²) in [7, 11) is -3.16. The molecular weight excluding hydrogens is 348 g/mol. The fourth-order valence-corrected chi connectivity index (χ4v) is 5.02. The van der Waals surface area contributed by atoms with E-state index in [0.29, 0.717) is 37.0 Å². The van der Waals surface area contributed by atoms with Gasteiger partial charge in [-0.25, -0.2) is 12.7 Å². The van der Waals surface area contributed by atoms with E-state index in [1.807, 2.05) is 0 Å². The molecule has 1 aromatic heterocycles. The lowest BCUT2D eigenvalue weighted by atomic mass is 9.97. The molecule has 1 aromatic rings. The zero-order valence-electron chi connectivity index (χ0n) is 14.5. The molecule has 2 heterocycles. The average Bonchev–Trinajstić information content (AvgIpc) is 3.04. The van der Waals surface area contributed by atoms with Gasteiger partial charge in [0.2, 0.25) is 21.1 Å². The molecule has 7 nitrogen and oxygen atoms in total. The molecule has 1 aliphatic rings. The van der Waals surface area contributed by atoms with Gasteiger partial charge in [-0.1, -0.05) is 25.2 Å². The van der Waals surface area contributed by atoms with Crippen molar-refractivity contribution < 1.29 is 13.2 Å². The van der Waals surface area contributed by atoms with Crippen molar-refractivity contribution >= 4 is 32.4 Å². The molecule has 0 saturated carbocycles. The first kappa shape index (κ1) is 19.3. The first-order valence-corrected chi connectivity index (χ1v) is 11.0. The van der Waals surface area contributed by atoms with Crippen LogP contribution < -0.4 is 5.32 Å². The first-order chi connectivity index (χ1) is 11.4. The van der Waals surface area contributed by atoms with Crippen molar-refractivity contribution in [1.29, 1.82) is 0 Å². The fraction of sp³-hybridized carbons (Fsp3) is 0.800. The fourth-order valence-electron chi connectivity index (χ4n) is 2.87. The molecular formula is C15H26N4O3S2. The van der Waals surface area contributed by atoms with E-state index >= 15 is 0 Å². The van der Waals surface area contributed by atoms with Crippen LogP contribution in [0.3, 0.4) is 0 Å². The van der Waals surface area contributed by atoms with Crippen LogP contribution in [0.5, 0.6) is 0 Å². The Morgan fingerprint density at radius 1 is 1.25 bits per heavy atom. The number of anilines is 1. The van der Waals surface area contributed by atoms with Crippen molar-refractivity contribution in [2.24, 2.45) is 5.92 Å². The van der Waals surface area contributed by atoms with Gasteiger partial charge in [-0.05, 0) is 32.6 Å². The molecule has 0 unspecified atom stereocenters. The molecule has 0 radical (unpaired) electrons. The highest BCUT2D eigenvalue weighted by Crippen LogP contribution is 2.29. The zero-order chi connectivity index (χ0) is 17.7. The normalized spacial score (nSPS) is 17.3. The number of aromatic nitrogens is 2. The van der Waals surface area contributed by atoms with Gasteiger partial charge in [-0.2, -0.15) is 0 Å². The van der Waals surface area contributed by atoms with Gasteiger partial charge in [0.15, 0.2) is 0 Å². The highest BCUT2D eigenvalue weighted by Gasteiger charge is 2.30. The first-order valence-electron chi connectivity index (χ1n) is 8.53. The van der Waals surface area contributed by atoms with Crippen molar-refractivity contribution in [2.45, 2.75) is 52.4 Å². The van der Waals surface area contributed by atoms with Gasteiger partial charge < -0.3 is 5.32 Å². The number of amides is 1. The van der Waals surface area contributed by atoms with Crippen LogP contribution in [-0.4, -0.2) is 47.7 Å². The van der Waals surface area contributed by atoms with Crippen molar-refractivity contribution in [3.05, 3.63) is 5.01 Å². The molecule has 1 aliphatic heterocycles. The second-order valence-corrected chi connectivity index (χ2v) is 9.29. The number of hydrogen-bond donors (Lipinski definition) is 1. The average molecular weight is 375 g/mol. The van der Waals surface area contributed by atoms with Crippen LogP contribution in [0.4, 0.5) is 5.13 Å². The van der Waals surface area contributed by atoms with Crippen LogP contribution in [0.2, 0.25) is 0 Å². The zero-order valence-corrected chi connectivity index (χ0v) is 16.1. The number of carbonyl (C=O) groups excluding carboxylic acids is 1. The minimum atomic E-state index is -3.16. The Balaban J connectivity index is 1.90. The number of nitrogens with one attached hydrogen (secondary N) is 1. The van der Waals surface area contributed by atoms with E-state index in [0.717, 1.165) is 17.8 Å². The van der Waals surface area contributed by atoms with E-state index in [9.17, 15) is 13.2 Å². The maximum Gasteiger partial charge on any atom is 0.229 e. The number of nitrogens with zero attached hydrogens (tertiary/aromatic N) is 3. The highest BCUT2D eigenvalue weighted by molar-refractivity contribution is 7.89. The van der Waals surface area contributed by atoms with Crippen molar-refractivity contribution in [3.63, 3.8) is 0 Å². The molecule has 24 heavy (non-hydrogen) atoms. The monoisotopic (exact) mass is 374 g/mol. The summed E-state index contributed by atoms with van der Waals surface area (Å²) in [6, 6.07) is 0. The highest BCUT2D eigenvalue weighted by atomic mass is 32.2. The Kier molecular flexibility index (Phi) is 6.70. The molecule has 136 valence electrons. The lowest BCUT2D eigenvalue weighted by Crippen LogP contribution is -2.42. The second-order valence-electron chi connectivity index (χ2n) is 6.02. The largest absolute Gasteiger partial charge is 0.300 e. The standard InChI is InChI=1S/C15H26N4O3S2/c1-4-11(5-2)14-17-18-15(23-14)16-13(20)12-7-9-19(10-8-12)24(21,22)6-3/h11-12H,4-10H2,1-3H3,(H,16,18,20). The van der Waals surface area contributed by atoms with E-state index in [4.69, 9.17) is 0 Å². The van der Waals surface area contributed by atoms with E-state index in [-0.39, 0.29) is 17.6 Å². The van der Waals surface area contributed by atoms with Gasteiger partial charge in [-0.3, -0.25) is 4.79 Å². The maximum absolute atomic E-state index is 12.4. The molecule has 0 aliphatic carbocycles. The van der Waals surface area contributed by atoms with E-state index in [1.165, 1.54) is 15.6 Å². The van der Waals surface area contributed by atoms with Crippen LogP contribution >= 0.6 is 11.3 Å². The van der Waals surface area contributed by atoms with Crippen molar-refractivity contribution in [1.82, 2.24) is 14.5 Å². The van der Waals surface area contributed by atoms with Crippen LogP contribution in [-0.2, 0) is 14.8 Å². The summed E-state index contributed by atoms with van der Waals surface area (Å²) in [6.45, 7) is 6.69. The number of piperidine rings is 1. The number of rotatable bonds is 7. The Hall–Kier alpha value is -1.06. The molecule has 1 N–H and O–H groups in total. The second kappa shape index (κ2) is 8.35. The number of sulfonamides is 1. The minimum Gasteiger partial charge on any atom is -0.300 e. The molecule has 0 bridgehead atoms. The lowest BCUT2D eigenvalue weighted by molar-refractivity contribution is -0.120. The smallest absolute Gasteiger partial charge is 0.229 e. The predicted molar refractivity (Wildman–Crippen MR) is 95.6 cm³/mol. The molecule has 0 atom stereocenters.